The van der Waals surface area contributed by atoms with Crippen LogP contribution in [0, 0.1) is 17.3 Å². The van der Waals surface area contributed by atoms with Crippen LogP contribution in [0.5, 0.6) is 0 Å². The molecule has 1 heterocycles. The number of hydrogen-bond donors (Lipinski definition) is 1. The summed E-state index contributed by atoms with van der Waals surface area (Å²) in [5.74, 6) is -2.45. The minimum Gasteiger partial charge on any atom is -0.462 e. The van der Waals surface area contributed by atoms with Crippen molar-refractivity contribution in [3.05, 3.63) is 12.2 Å². The lowest BCUT2D eigenvalue weighted by atomic mass is 9.50. The zero-order chi connectivity index (χ0) is 19.4. The Hall–Kier alpha value is -1.89. The highest BCUT2D eigenvalue weighted by Gasteiger charge is 2.67. The first-order chi connectivity index (χ1) is 12.0. The molecule has 0 spiro atoms. The van der Waals surface area contributed by atoms with Crippen molar-refractivity contribution in [2.45, 2.75) is 70.9 Å². The van der Waals surface area contributed by atoms with Crippen LogP contribution in [0.3, 0.4) is 0 Å². The Morgan fingerprint density at radius 2 is 1.85 bits per heavy atom. The molecule has 1 N–H and O–H groups in total. The third-order valence-electron chi connectivity index (χ3n) is 6.29. The molecule has 7 atom stereocenters. The van der Waals surface area contributed by atoms with Gasteiger partial charge in [-0.3, -0.25) is 9.59 Å². The van der Waals surface area contributed by atoms with Crippen molar-refractivity contribution in [3.8, 4) is 0 Å². The van der Waals surface area contributed by atoms with E-state index in [2.05, 4.69) is 6.58 Å². The first-order valence-corrected chi connectivity index (χ1v) is 8.94. The van der Waals surface area contributed by atoms with E-state index in [0.29, 0.717) is 19.3 Å². The lowest BCUT2D eigenvalue weighted by Crippen LogP contribution is -2.66. The molecule has 7 nitrogen and oxygen atoms in total. The molecule has 3 rings (SSSR count). The van der Waals surface area contributed by atoms with Gasteiger partial charge in [0, 0.05) is 30.8 Å². The zero-order valence-electron chi connectivity index (χ0n) is 15.6. The molecule has 2 saturated carbocycles. The van der Waals surface area contributed by atoms with Gasteiger partial charge in [-0.05, 0) is 26.2 Å². The van der Waals surface area contributed by atoms with Gasteiger partial charge in [0.1, 0.15) is 18.3 Å². The van der Waals surface area contributed by atoms with Gasteiger partial charge in [-0.2, -0.15) is 0 Å². The largest absolute Gasteiger partial charge is 0.462 e. The fraction of sp³-hybridized carbons (Fsp3) is 0.737. The molecule has 3 fully saturated rings. The average Bonchev–Trinajstić information content (AvgIpc) is 2.75. The second-order valence-electron chi connectivity index (χ2n) is 8.25. The predicted molar refractivity (Wildman–Crippen MR) is 89.7 cm³/mol. The molecule has 2 aliphatic carbocycles. The normalized spacial score (nSPS) is 44.6. The minimum absolute atomic E-state index is 0.258. The van der Waals surface area contributed by atoms with Gasteiger partial charge in [0.05, 0.1) is 11.5 Å². The number of rotatable bonds is 2. The van der Waals surface area contributed by atoms with Gasteiger partial charge >= 0.3 is 17.9 Å². The monoisotopic (exact) mass is 366 g/mol. The first kappa shape index (κ1) is 18.9. The number of fused-ring (bicyclic) bond motifs is 2. The smallest absolute Gasteiger partial charge is 0.334 e. The maximum atomic E-state index is 12.1. The number of hydrogen-bond acceptors (Lipinski definition) is 7. The van der Waals surface area contributed by atoms with E-state index in [9.17, 15) is 19.5 Å². The van der Waals surface area contributed by atoms with E-state index in [1.165, 1.54) is 13.8 Å². The van der Waals surface area contributed by atoms with Crippen molar-refractivity contribution in [2.75, 3.05) is 0 Å². The minimum atomic E-state index is -1.15. The van der Waals surface area contributed by atoms with E-state index in [0.717, 1.165) is 0 Å². The van der Waals surface area contributed by atoms with Gasteiger partial charge in [-0.1, -0.05) is 13.5 Å². The molecule has 0 amide bonds. The third-order valence-corrected chi connectivity index (χ3v) is 6.29. The van der Waals surface area contributed by atoms with Crippen LogP contribution in [-0.2, 0) is 28.6 Å². The van der Waals surface area contributed by atoms with Gasteiger partial charge in [0.15, 0.2) is 0 Å². The summed E-state index contributed by atoms with van der Waals surface area (Å²) in [5, 5.41) is 11.2. The summed E-state index contributed by atoms with van der Waals surface area (Å²) < 4.78 is 16.6. The van der Waals surface area contributed by atoms with Crippen molar-refractivity contribution in [2.24, 2.45) is 17.3 Å². The molecule has 0 aromatic rings. The van der Waals surface area contributed by atoms with E-state index in [-0.39, 0.29) is 5.57 Å². The highest BCUT2D eigenvalue weighted by atomic mass is 16.6. The lowest BCUT2D eigenvalue weighted by Gasteiger charge is -2.59. The van der Waals surface area contributed by atoms with Crippen LogP contribution in [0.25, 0.3) is 0 Å². The van der Waals surface area contributed by atoms with Crippen molar-refractivity contribution in [1.82, 2.24) is 0 Å². The van der Waals surface area contributed by atoms with E-state index >= 15 is 0 Å². The number of esters is 3. The Labute approximate surface area is 152 Å². The van der Waals surface area contributed by atoms with Gasteiger partial charge in [0.2, 0.25) is 0 Å². The second-order valence-corrected chi connectivity index (χ2v) is 8.25. The molecule has 0 radical (unpaired) electrons. The molecule has 1 aliphatic heterocycles. The van der Waals surface area contributed by atoms with E-state index in [1.54, 1.807) is 6.92 Å². The SMILES string of the molecule is C=C1C(=O)O[C@H]2C[C@]3(C)C([C@@H](OC(C)=O)[C@H]12)[C@](C)(O)CC[C@H]3OC(C)=O. The van der Waals surface area contributed by atoms with Crippen molar-refractivity contribution < 1.29 is 33.7 Å². The summed E-state index contributed by atoms with van der Waals surface area (Å²) in [4.78, 5) is 35.5. The maximum absolute atomic E-state index is 12.1. The summed E-state index contributed by atoms with van der Waals surface area (Å²) >= 11 is 0. The van der Waals surface area contributed by atoms with Crippen LogP contribution >= 0.6 is 0 Å². The van der Waals surface area contributed by atoms with Crippen LogP contribution in [-0.4, -0.2) is 46.9 Å². The van der Waals surface area contributed by atoms with E-state index < -0.39 is 59.1 Å². The Kier molecular flexibility index (Phi) is 4.42. The first-order valence-electron chi connectivity index (χ1n) is 8.94. The summed E-state index contributed by atoms with van der Waals surface area (Å²) in [7, 11) is 0. The van der Waals surface area contributed by atoms with Crippen LogP contribution in [0.1, 0.15) is 47.0 Å². The fourth-order valence-corrected chi connectivity index (χ4v) is 5.40. The summed E-state index contributed by atoms with van der Waals surface area (Å²) in [6, 6.07) is 0. The molecule has 26 heavy (non-hydrogen) atoms. The van der Waals surface area contributed by atoms with Crippen LogP contribution < -0.4 is 0 Å². The molecular formula is C19H26O7. The van der Waals surface area contributed by atoms with Crippen molar-refractivity contribution >= 4 is 17.9 Å². The Bertz CT molecular complexity index is 667. The zero-order valence-corrected chi connectivity index (χ0v) is 15.6. The predicted octanol–water partition coefficient (Wildman–Crippen LogP) is 1.52. The molecular weight excluding hydrogens is 340 g/mol. The van der Waals surface area contributed by atoms with Crippen LogP contribution in [0.15, 0.2) is 12.2 Å². The maximum Gasteiger partial charge on any atom is 0.334 e. The molecule has 1 unspecified atom stereocenters. The quantitative estimate of drug-likeness (QED) is 0.449. The standard InChI is InChI=1S/C19H26O7/c1-9-14-12(26-17(9)22)8-18(4)13(24-10(2)20)6-7-19(5,23)16(18)15(14)25-11(3)21/h12-16,23H,1,6-8H2,2-5H3/t12-,13+,14+,15-,16?,18-,19+/m0/s1. The second kappa shape index (κ2) is 6.08. The van der Waals surface area contributed by atoms with Crippen LogP contribution in [0.4, 0.5) is 0 Å². The summed E-state index contributed by atoms with van der Waals surface area (Å²) in [5.41, 5.74) is -1.60. The molecule has 7 heteroatoms. The number of carbonyl (C=O) groups is 3. The molecule has 0 aromatic carbocycles. The molecule has 0 bridgehead atoms. The molecule has 0 aromatic heterocycles. The fourth-order valence-electron chi connectivity index (χ4n) is 5.40. The van der Waals surface area contributed by atoms with E-state index in [4.69, 9.17) is 14.2 Å². The summed E-state index contributed by atoms with van der Waals surface area (Å²) in [6.07, 6.45) is -0.480. The Morgan fingerprint density at radius 3 is 2.42 bits per heavy atom. The Balaban J connectivity index is 2.09. The number of carbonyl (C=O) groups excluding carboxylic acids is 3. The highest BCUT2D eigenvalue weighted by molar-refractivity contribution is 5.91. The Morgan fingerprint density at radius 1 is 1.23 bits per heavy atom. The lowest BCUT2D eigenvalue weighted by molar-refractivity contribution is -0.241. The van der Waals surface area contributed by atoms with Crippen molar-refractivity contribution in [1.29, 1.82) is 0 Å². The van der Waals surface area contributed by atoms with Crippen LogP contribution in [0.2, 0.25) is 0 Å². The van der Waals surface area contributed by atoms with Gasteiger partial charge in [0.25, 0.3) is 0 Å². The van der Waals surface area contributed by atoms with Gasteiger partial charge in [-0.15, -0.1) is 0 Å². The highest BCUT2D eigenvalue weighted by Crippen LogP contribution is 2.59. The number of ether oxygens (including phenoxy) is 3. The topological polar surface area (TPSA) is 99.1 Å². The molecule has 144 valence electrons. The van der Waals surface area contributed by atoms with E-state index in [1.807, 2.05) is 6.92 Å². The summed E-state index contributed by atoms with van der Waals surface area (Å²) in [6.45, 7) is 10.1. The average molecular weight is 366 g/mol. The van der Waals surface area contributed by atoms with Gasteiger partial charge in [-0.25, -0.2) is 4.79 Å². The third kappa shape index (κ3) is 2.82. The molecule has 1 saturated heterocycles. The van der Waals surface area contributed by atoms with Crippen molar-refractivity contribution in [3.63, 3.8) is 0 Å². The molecule has 3 aliphatic rings. The number of aliphatic hydroxyl groups is 1. The van der Waals surface area contributed by atoms with Gasteiger partial charge < -0.3 is 19.3 Å².